The molecule has 0 heterocycles. The van der Waals surface area contributed by atoms with Crippen molar-refractivity contribution in [1.82, 2.24) is 10.6 Å². The molecular formula is C24H23N3O2S. The van der Waals surface area contributed by atoms with Crippen LogP contribution in [0, 0.1) is 0 Å². The summed E-state index contributed by atoms with van der Waals surface area (Å²) in [4.78, 5) is 24.8. The molecule has 0 radical (unpaired) electrons. The number of hydrogen-bond acceptors (Lipinski definition) is 3. The first-order valence-electron chi connectivity index (χ1n) is 9.68. The maximum Gasteiger partial charge on any atom is 0.253 e. The number of carbonyl (C=O) groups is 2. The smallest absolute Gasteiger partial charge is 0.253 e. The summed E-state index contributed by atoms with van der Waals surface area (Å²) in [5.41, 5.74) is 3.09. The monoisotopic (exact) mass is 417 g/mol. The number of benzene rings is 3. The molecule has 3 N–H and O–H groups in total. The van der Waals surface area contributed by atoms with Gasteiger partial charge in [-0.1, -0.05) is 72.8 Å². The molecule has 0 saturated carbocycles. The van der Waals surface area contributed by atoms with Crippen molar-refractivity contribution >= 4 is 34.8 Å². The molecule has 0 unspecified atom stereocenters. The van der Waals surface area contributed by atoms with Crippen molar-refractivity contribution in [3.05, 3.63) is 102 Å². The SMILES string of the molecule is O=C(CCc1ccccc1)NC(=S)Nc1ccccc1C(=O)NCc1ccccc1. The summed E-state index contributed by atoms with van der Waals surface area (Å²) < 4.78 is 0. The van der Waals surface area contributed by atoms with Crippen LogP contribution in [0.1, 0.15) is 27.9 Å². The highest BCUT2D eigenvalue weighted by atomic mass is 32.1. The molecule has 0 aromatic heterocycles. The number of nitrogens with one attached hydrogen (secondary N) is 3. The molecule has 0 atom stereocenters. The third-order valence-corrected chi connectivity index (χ3v) is 4.66. The van der Waals surface area contributed by atoms with Gasteiger partial charge in [0, 0.05) is 13.0 Å². The third-order valence-electron chi connectivity index (χ3n) is 4.45. The molecule has 0 aliphatic rings. The molecule has 0 saturated heterocycles. The van der Waals surface area contributed by atoms with Crippen LogP contribution >= 0.6 is 12.2 Å². The topological polar surface area (TPSA) is 70.2 Å². The first-order chi connectivity index (χ1) is 14.6. The minimum atomic E-state index is -0.222. The minimum Gasteiger partial charge on any atom is -0.348 e. The van der Waals surface area contributed by atoms with Crippen molar-refractivity contribution in [2.45, 2.75) is 19.4 Å². The highest BCUT2D eigenvalue weighted by molar-refractivity contribution is 7.80. The van der Waals surface area contributed by atoms with Gasteiger partial charge in [0.05, 0.1) is 11.3 Å². The summed E-state index contributed by atoms with van der Waals surface area (Å²) in [5, 5.41) is 8.69. The molecule has 2 amide bonds. The van der Waals surface area contributed by atoms with Crippen LogP contribution in [0.5, 0.6) is 0 Å². The molecule has 3 rings (SSSR count). The van der Waals surface area contributed by atoms with Crippen LogP contribution in [0.2, 0.25) is 0 Å². The van der Waals surface area contributed by atoms with E-state index in [1.165, 1.54) is 0 Å². The molecule has 152 valence electrons. The van der Waals surface area contributed by atoms with Gasteiger partial charge in [-0.05, 0) is 41.9 Å². The predicted octanol–water partition coefficient (Wildman–Crippen LogP) is 4.06. The number of aryl methyl sites for hydroxylation is 1. The Bertz CT molecular complexity index is 1010. The first kappa shape index (κ1) is 21.2. The van der Waals surface area contributed by atoms with E-state index in [0.717, 1.165) is 11.1 Å². The maximum atomic E-state index is 12.6. The Morgan fingerprint density at radius 2 is 1.37 bits per heavy atom. The number of anilines is 1. The van der Waals surface area contributed by atoms with E-state index in [0.29, 0.717) is 30.6 Å². The zero-order valence-electron chi connectivity index (χ0n) is 16.4. The number of thiocarbonyl (C=S) groups is 1. The van der Waals surface area contributed by atoms with E-state index >= 15 is 0 Å². The second-order valence-electron chi connectivity index (χ2n) is 6.70. The van der Waals surface area contributed by atoms with Crippen LogP contribution < -0.4 is 16.0 Å². The molecule has 5 nitrogen and oxygen atoms in total. The van der Waals surface area contributed by atoms with Crippen molar-refractivity contribution in [3.8, 4) is 0 Å². The summed E-state index contributed by atoms with van der Waals surface area (Å²) in [6.07, 6.45) is 0.957. The summed E-state index contributed by atoms with van der Waals surface area (Å²) in [7, 11) is 0. The quantitative estimate of drug-likeness (QED) is 0.507. The van der Waals surface area contributed by atoms with E-state index in [-0.39, 0.29) is 16.9 Å². The van der Waals surface area contributed by atoms with E-state index in [4.69, 9.17) is 12.2 Å². The molecule has 0 spiro atoms. The molecule has 3 aromatic carbocycles. The van der Waals surface area contributed by atoms with Gasteiger partial charge >= 0.3 is 0 Å². The van der Waals surface area contributed by atoms with Gasteiger partial charge in [0.25, 0.3) is 5.91 Å². The lowest BCUT2D eigenvalue weighted by Gasteiger charge is -2.13. The lowest BCUT2D eigenvalue weighted by Crippen LogP contribution is -2.35. The Kier molecular flexibility index (Phi) is 7.69. The van der Waals surface area contributed by atoms with Crippen LogP contribution in [0.25, 0.3) is 0 Å². The molecule has 0 aliphatic carbocycles. The van der Waals surface area contributed by atoms with Gasteiger partial charge in [-0.15, -0.1) is 0 Å². The fourth-order valence-electron chi connectivity index (χ4n) is 2.91. The van der Waals surface area contributed by atoms with Gasteiger partial charge in [-0.25, -0.2) is 0 Å². The minimum absolute atomic E-state index is 0.163. The van der Waals surface area contributed by atoms with Crippen LogP contribution in [-0.4, -0.2) is 16.9 Å². The standard InChI is InChI=1S/C24H23N3O2S/c28-22(16-15-18-9-3-1-4-10-18)27-24(30)26-21-14-8-7-13-20(21)23(29)25-17-19-11-5-2-6-12-19/h1-14H,15-17H2,(H,25,29)(H2,26,27,28,30). The van der Waals surface area contributed by atoms with Crippen LogP contribution in [0.3, 0.4) is 0 Å². The molecular weight excluding hydrogens is 394 g/mol. The fourth-order valence-corrected chi connectivity index (χ4v) is 3.13. The Morgan fingerprint density at radius 3 is 2.07 bits per heavy atom. The summed E-state index contributed by atoms with van der Waals surface area (Å²) in [6, 6.07) is 26.5. The highest BCUT2D eigenvalue weighted by Gasteiger charge is 2.13. The normalized spacial score (nSPS) is 10.1. The molecule has 30 heavy (non-hydrogen) atoms. The van der Waals surface area contributed by atoms with E-state index in [1.54, 1.807) is 24.3 Å². The van der Waals surface area contributed by atoms with Crippen LogP contribution in [-0.2, 0) is 17.8 Å². The third kappa shape index (κ3) is 6.53. The van der Waals surface area contributed by atoms with E-state index in [1.807, 2.05) is 60.7 Å². The summed E-state index contributed by atoms with van der Waals surface area (Å²) >= 11 is 5.26. The van der Waals surface area contributed by atoms with Crippen molar-refractivity contribution in [2.24, 2.45) is 0 Å². The zero-order chi connectivity index (χ0) is 21.2. The Morgan fingerprint density at radius 1 is 0.767 bits per heavy atom. The van der Waals surface area contributed by atoms with Gasteiger partial charge in [0.2, 0.25) is 5.91 Å². The van der Waals surface area contributed by atoms with Gasteiger partial charge in [0.15, 0.2) is 5.11 Å². The summed E-state index contributed by atoms with van der Waals surface area (Å²) in [6.45, 7) is 0.425. The lowest BCUT2D eigenvalue weighted by atomic mass is 10.1. The average molecular weight is 418 g/mol. The fraction of sp³-hybridized carbons (Fsp3) is 0.125. The Labute approximate surface area is 181 Å². The summed E-state index contributed by atoms with van der Waals surface area (Å²) in [5.74, 6) is -0.400. The van der Waals surface area contributed by atoms with Crippen LogP contribution in [0.4, 0.5) is 5.69 Å². The number of carbonyl (C=O) groups excluding carboxylic acids is 2. The molecule has 6 heteroatoms. The van der Waals surface area contributed by atoms with Gasteiger partial charge in [0.1, 0.15) is 0 Å². The molecule has 0 fully saturated rings. The highest BCUT2D eigenvalue weighted by Crippen LogP contribution is 2.15. The number of amides is 2. The Hall–Kier alpha value is -3.51. The van der Waals surface area contributed by atoms with E-state index in [9.17, 15) is 9.59 Å². The zero-order valence-corrected chi connectivity index (χ0v) is 17.2. The second-order valence-corrected chi connectivity index (χ2v) is 7.11. The van der Waals surface area contributed by atoms with E-state index < -0.39 is 0 Å². The largest absolute Gasteiger partial charge is 0.348 e. The van der Waals surface area contributed by atoms with Crippen molar-refractivity contribution in [2.75, 3.05) is 5.32 Å². The van der Waals surface area contributed by atoms with E-state index in [2.05, 4.69) is 16.0 Å². The predicted molar refractivity (Wildman–Crippen MR) is 123 cm³/mol. The average Bonchev–Trinajstić information content (AvgIpc) is 2.78. The van der Waals surface area contributed by atoms with Gasteiger partial charge < -0.3 is 16.0 Å². The maximum absolute atomic E-state index is 12.6. The van der Waals surface area contributed by atoms with Gasteiger partial charge in [-0.2, -0.15) is 0 Å². The number of hydrogen-bond donors (Lipinski definition) is 3. The van der Waals surface area contributed by atoms with Crippen LogP contribution in [0.15, 0.2) is 84.9 Å². The Balaban J connectivity index is 1.53. The molecule has 0 aliphatic heterocycles. The first-order valence-corrected chi connectivity index (χ1v) is 10.1. The number of rotatable bonds is 7. The second kappa shape index (κ2) is 10.9. The lowest BCUT2D eigenvalue weighted by molar-refractivity contribution is -0.119. The van der Waals surface area contributed by atoms with Gasteiger partial charge in [-0.3, -0.25) is 9.59 Å². The van der Waals surface area contributed by atoms with Crippen molar-refractivity contribution < 1.29 is 9.59 Å². The van der Waals surface area contributed by atoms with Crippen molar-refractivity contribution in [1.29, 1.82) is 0 Å². The number of para-hydroxylation sites is 1. The van der Waals surface area contributed by atoms with Crippen molar-refractivity contribution in [3.63, 3.8) is 0 Å². The molecule has 0 bridgehead atoms. The molecule has 3 aromatic rings.